The molecule has 0 radical (unpaired) electrons. The lowest BCUT2D eigenvalue weighted by atomic mass is 10.2. The number of nitrogens with zero attached hydrogens (tertiary/aromatic N) is 1. The second-order valence-corrected chi connectivity index (χ2v) is 11.0. The lowest BCUT2D eigenvalue weighted by Gasteiger charge is -2.14. The van der Waals surface area contributed by atoms with Crippen molar-refractivity contribution < 1.29 is 23.4 Å². The third kappa shape index (κ3) is 8.05. The van der Waals surface area contributed by atoms with Crippen molar-refractivity contribution in [1.29, 1.82) is 0 Å². The van der Waals surface area contributed by atoms with Gasteiger partial charge in [0.15, 0.2) is 18.1 Å². The number of ether oxygens (including phenoxy) is 3. The van der Waals surface area contributed by atoms with Gasteiger partial charge in [-0.3, -0.25) is 4.79 Å². The van der Waals surface area contributed by atoms with Gasteiger partial charge in [0.25, 0.3) is 5.91 Å². The molecule has 1 saturated heterocycles. The second kappa shape index (κ2) is 13.6. The van der Waals surface area contributed by atoms with Gasteiger partial charge < -0.3 is 14.2 Å². The Hall–Kier alpha value is -2.88. The Morgan fingerprint density at radius 1 is 1.08 bits per heavy atom. The van der Waals surface area contributed by atoms with Gasteiger partial charge in [0.2, 0.25) is 0 Å². The minimum Gasteiger partial charge on any atom is -0.490 e. The smallest absolute Gasteiger partial charge is 0.277 e. The number of benzene rings is 3. The molecule has 3 aromatic rings. The third-order valence-corrected chi connectivity index (χ3v) is 8.56. The lowest BCUT2D eigenvalue weighted by molar-refractivity contribution is -0.123. The summed E-state index contributed by atoms with van der Waals surface area (Å²) in [6.07, 6.45) is 1.46. The van der Waals surface area contributed by atoms with Crippen molar-refractivity contribution in [1.82, 2.24) is 5.43 Å². The Labute approximate surface area is 228 Å². The van der Waals surface area contributed by atoms with Crippen LogP contribution in [0.4, 0.5) is 4.39 Å². The normalized spacial score (nSPS) is 13.6. The number of carbonyl (C=O) groups is 1. The third-order valence-electron chi connectivity index (χ3n) is 5.17. The van der Waals surface area contributed by atoms with Crippen molar-refractivity contribution in [2.45, 2.75) is 18.1 Å². The topological polar surface area (TPSA) is 69.2 Å². The van der Waals surface area contributed by atoms with Crippen LogP contribution in [0.2, 0.25) is 5.02 Å². The van der Waals surface area contributed by atoms with Crippen molar-refractivity contribution in [3.63, 3.8) is 0 Å². The molecule has 10 heteroatoms. The van der Waals surface area contributed by atoms with E-state index in [1.54, 1.807) is 24.3 Å². The minimum absolute atomic E-state index is 0.162. The summed E-state index contributed by atoms with van der Waals surface area (Å²) in [6.45, 7) is 2.28. The van der Waals surface area contributed by atoms with E-state index in [-0.39, 0.29) is 19.0 Å². The standard InChI is InChI=1S/C27H26ClFN2O4S2/c1-2-33-24-14-19(13-23(28)26(24)35-16-18-3-7-21(29)8-4-18)15-30-31-25(32)17-34-22-9-5-20(6-10-22)27-36-11-12-37-27/h3-10,13-15,27H,2,11-12,16-17H2,1H3,(H,31,32)/b30-15-. The van der Waals surface area contributed by atoms with Gasteiger partial charge in [0.05, 0.1) is 22.4 Å². The summed E-state index contributed by atoms with van der Waals surface area (Å²) in [5.41, 5.74) is 5.11. The number of nitrogens with one attached hydrogen (secondary N) is 1. The summed E-state index contributed by atoms with van der Waals surface area (Å²) in [5.74, 6) is 3.07. The Kier molecular flexibility index (Phi) is 9.99. The molecule has 0 bridgehead atoms. The Morgan fingerprint density at radius 2 is 1.81 bits per heavy atom. The number of halogens is 2. The van der Waals surface area contributed by atoms with Crippen LogP contribution in [0.1, 0.15) is 28.2 Å². The SMILES string of the molecule is CCOc1cc(/C=N\NC(=O)COc2ccc(C3SCCS3)cc2)cc(Cl)c1OCc1ccc(F)cc1. The highest BCUT2D eigenvalue weighted by molar-refractivity contribution is 8.19. The van der Waals surface area contributed by atoms with Crippen molar-refractivity contribution in [2.24, 2.45) is 5.10 Å². The molecule has 194 valence electrons. The monoisotopic (exact) mass is 560 g/mol. The Morgan fingerprint density at radius 3 is 2.51 bits per heavy atom. The predicted octanol–water partition coefficient (Wildman–Crippen LogP) is 6.46. The van der Waals surface area contributed by atoms with Gasteiger partial charge in [-0.05, 0) is 60.0 Å². The minimum atomic E-state index is -0.391. The number of hydrazone groups is 1. The molecule has 0 aliphatic carbocycles. The number of amides is 1. The van der Waals surface area contributed by atoms with Crippen LogP contribution in [-0.2, 0) is 11.4 Å². The van der Waals surface area contributed by atoms with Crippen LogP contribution in [0, 0.1) is 5.82 Å². The summed E-state index contributed by atoms with van der Waals surface area (Å²) >= 11 is 10.3. The molecule has 0 unspecified atom stereocenters. The first kappa shape index (κ1) is 27.2. The molecule has 1 aliphatic rings. The van der Waals surface area contributed by atoms with Crippen molar-refractivity contribution in [2.75, 3.05) is 24.7 Å². The fraction of sp³-hybridized carbons (Fsp3) is 0.259. The number of carbonyl (C=O) groups excluding carboxylic acids is 1. The molecule has 1 N–H and O–H groups in total. The molecule has 4 rings (SSSR count). The zero-order chi connectivity index (χ0) is 26.0. The summed E-state index contributed by atoms with van der Waals surface area (Å²) in [7, 11) is 0. The number of hydrogen-bond acceptors (Lipinski definition) is 7. The predicted molar refractivity (Wildman–Crippen MR) is 149 cm³/mol. The maximum atomic E-state index is 13.1. The van der Waals surface area contributed by atoms with E-state index in [2.05, 4.69) is 10.5 Å². The highest BCUT2D eigenvalue weighted by Crippen LogP contribution is 2.45. The van der Waals surface area contributed by atoms with Gasteiger partial charge in [-0.25, -0.2) is 9.82 Å². The number of rotatable bonds is 11. The zero-order valence-electron chi connectivity index (χ0n) is 20.1. The number of thioether (sulfide) groups is 2. The lowest BCUT2D eigenvalue weighted by Crippen LogP contribution is -2.24. The highest BCUT2D eigenvalue weighted by atomic mass is 35.5. The molecule has 1 aliphatic heterocycles. The van der Waals surface area contributed by atoms with E-state index in [1.165, 1.54) is 35.4 Å². The highest BCUT2D eigenvalue weighted by Gasteiger charge is 2.18. The first-order valence-electron chi connectivity index (χ1n) is 11.6. The summed E-state index contributed by atoms with van der Waals surface area (Å²) in [6, 6.07) is 17.2. The van der Waals surface area contributed by atoms with E-state index in [4.69, 9.17) is 25.8 Å². The molecule has 1 amide bonds. The molecular weight excluding hydrogens is 535 g/mol. The van der Waals surface area contributed by atoms with E-state index >= 15 is 0 Å². The molecule has 0 aromatic heterocycles. The van der Waals surface area contributed by atoms with Gasteiger partial charge >= 0.3 is 0 Å². The maximum absolute atomic E-state index is 13.1. The fourth-order valence-corrected chi connectivity index (χ4v) is 6.57. The van der Waals surface area contributed by atoms with Crippen LogP contribution in [0.25, 0.3) is 0 Å². The number of hydrogen-bond donors (Lipinski definition) is 1. The maximum Gasteiger partial charge on any atom is 0.277 e. The quantitative estimate of drug-likeness (QED) is 0.214. The van der Waals surface area contributed by atoms with E-state index < -0.39 is 5.91 Å². The van der Waals surface area contributed by atoms with Gasteiger partial charge in [-0.1, -0.05) is 35.9 Å². The Bertz CT molecular complexity index is 1220. The molecule has 0 spiro atoms. The van der Waals surface area contributed by atoms with E-state index in [1.807, 2.05) is 54.7 Å². The molecule has 0 saturated carbocycles. The molecule has 3 aromatic carbocycles. The first-order chi connectivity index (χ1) is 18.0. The van der Waals surface area contributed by atoms with Crippen LogP contribution in [-0.4, -0.2) is 36.8 Å². The summed E-state index contributed by atoms with van der Waals surface area (Å²) in [5, 5.41) is 4.31. The molecule has 1 heterocycles. The molecule has 37 heavy (non-hydrogen) atoms. The van der Waals surface area contributed by atoms with Gasteiger partial charge in [-0.2, -0.15) is 5.10 Å². The van der Waals surface area contributed by atoms with Gasteiger partial charge in [0.1, 0.15) is 18.2 Å². The summed E-state index contributed by atoms with van der Waals surface area (Å²) in [4.78, 5) is 12.2. The van der Waals surface area contributed by atoms with E-state index in [0.29, 0.717) is 39.0 Å². The first-order valence-corrected chi connectivity index (χ1v) is 14.1. The van der Waals surface area contributed by atoms with E-state index in [9.17, 15) is 9.18 Å². The summed E-state index contributed by atoms with van der Waals surface area (Å²) < 4.78 is 30.7. The van der Waals surface area contributed by atoms with Crippen LogP contribution >= 0.6 is 35.1 Å². The van der Waals surface area contributed by atoms with Crippen molar-refractivity contribution in [3.8, 4) is 17.2 Å². The van der Waals surface area contributed by atoms with Crippen LogP contribution in [0.5, 0.6) is 17.2 Å². The zero-order valence-corrected chi connectivity index (χ0v) is 22.5. The fourth-order valence-electron chi connectivity index (χ4n) is 3.43. The largest absolute Gasteiger partial charge is 0.490 e. The van der Waals surface area contributed by atoms with E-state index in [0.717, 1.165) is 5.56 Å². The van der Waals surface area contributed by atoms with Crippen LogP contribution in [0.15, 0.2) is 65.8 Å². The molecular formula is C27H26ClFN2O4S2. The molecule has 1 fully saturated rings. The van der Waals surface area contributed by atoms with Crippen molar-refractivity contribution in [3.05, 3.63) is 88.2 Å². The van der Waals surface area contributed by atoms with Gasteiger partial charge in [-0.15, -0.1) is 23.5 Å². The van der Waals surface area contributed by atoms with Crippen LogP contribution < -0.4 is 19.6 Å². The van der Waals surface area contributed by atoms with Crippen molar-refractivity contribution >= 4 is 47.2 Å². The van der Waals surface area contributed by atoms with Gasteiger partial charge in [0, 0.05) is 11.5 Å². The average Bonchev–Trinajstić information content (AvgIpc) is 3.44. The Balaban J connectivity index is 1.30. The second-order valence-electron chi connectivity index (χ2n) is 7.90. The average molecular weight is 561 g/mol. The van der Waals surface area contributed by atoms with Crippen LogP contribution in [0.3, 0.4) is 0 Å². The molecule has 0 atom stereocenters. The molecule has 6 nitrogen and oxygen atoms in total.